The first-order valence-corrected chi connectivity index (χ1v) is 12.3. The van der Waals surface area contributed by atoms with Crippen molar-refractivity contribution in [2.75, 3.05) is 31.2 Å². The number of hydrogen-bond donors (Lipinski definition) is 1. The lowest BCUT2D eigenvalue weighted by Gasteiger charge is -2.32. The van der Waals surface area contributed by atoms with Crippen LogP contribution < -0.4 is 15.0 Å². The molecule has 2 aliphatic rings. The molecule has 3 aromatic rings. The molecule has 1 amide bonds. The average Bonchev–Trinajstić information content (AvgIpc) is 3.47. The summed E-state index contributed by atoms with van der Waals surface area (Å²) in [6.45, 7) is 2.38. The van der Waals surface area contributed by atoms with Gasteiger partial charge in [0.1, 0.15) is 5.75 Å². The minimum absolute atomic E-state index is 0.0393. The first kappa shape index (κ1) is 25.0. The fraction of sp³-hybridized carbons (Fsp3) is 0.417. The topological polar surface area (TPSA) is 68.6 Å². The van der Waals surface area contributed by atoms with Gasteiger partial charge in [-0.25, -0.2) is 4.98 Å². The van der Waals surface area contributed by atoms with Gasteiger partial charge >= 0.3 is 6.36 Å². The van der Waals surface area contributed by atoms with E-state index in [0.717, 1.165) is 6.42 Å². The van der Waals surface area contributed by atoms with Gasteiger partial charge in [0.2, 0.25) is 11.9 Å². The third kappa shape index (κ3) is 5.35. The molecule has 0 saturated carbocycles. The molecule has 2 fully saturated rings. The van der Waals surface area contributed by atoms with Crippen LogP contribution in [0.5, 0.6) is 5.75 Å². The van der Waals surface area contributed by atoms with Crippen LogP contribution in [-0.4, -0.2) is 54.2 Å². The zero-order valence-electron chi connectivity index (χ0n) is 19.0. The highest BCUT2D eigenvalue weighted by Gasteiger charge is 2.32. The molecule has 0 aliphatic carbocycles. The normalized spacial score (nSPS) is 19.1. The lowest BCUT2D eigenvalue weighted by molar-refractivity contribution is -0.274. The maximum Gasteiger partial charge on any atom is 0.573 e. The number of carbonyl (C=O) groups is 1. The number of ether oxygens (including phenoxy) is 2. The lowest BCUT2D eigenvalue weighted by atomic mass is 9.95. The van der Waals surface area contributed by atoms with Crippen molar-refractivity contribution < 1.29 is 27.4 Å². The zero-order chi connectivity index (χ0) is 25.4. The predicted octanol–water partition coefficient (Wildman–Crippen LogP) is 5.35. The number of fused-ring (bicyclic) bond motifs is 1. The summed E-state index contributed by atoms with van der Waals surface area (Å²) in [5.41, 5.74) is 1.84. The number of aromatic nitrogens is 2. The molecule has 1 atom stereocenters. The van der Waals surface area contributed by atoms with E-state index in [1.54, 1.807) is 12.1 Å². The molecule has 2 saturated heterocycles. The van der Waals surface area contributed by atoms with Crippen molar-refractivity contribution in [1.29, 1.82) is 0 Å². The van der Waals surface area contributed by atoms with Crippen molar-refractivity contribution in [2.45, 2.75) is 31.7 Å². The summed E-state index contributed by atoms with van der Waals surface area (Å²) in [6.07, 6.45) is -2.67. The van der Waals surface area contributed by atoms with Crippen LogP contribution in [0, 0.1) is 5.92 Å². The summed E-state index contributed by atoms with van der Waals surface area (Å²) < 4.78 is 49.0. The van der Waals surface area contributed by atoms with Crippen LogP contribution in [0.2, 0.25) is 10.0 Å². The molecule has 0 spiro atoms. The van der Waals surface area contributed by atoms with Crippen LogP contribution in [0.4, 0.5) is 19.1 Å². The number of hydrogen-bond acceptors (Lipinski definition) is 5. The van der Waals surface area contributed by atoms with Crippen molar-refractivity contribution in [2.24, 2.45) is 5.92 Å². The number of rotatable bonds is 5. The number of halogens is 5. The lowest BCUT2D eigenvalue weighted by Crippen LogP contribution is -2.44. The van der Waals surface area contributed by atoms with Crippen molar-refractivity contribution in [3.8, 4) is 11.4 Å². The molecule has 36 heavy (non-hydrogen) atoms. The van der Waals surface area contributed by atoms with E-state index < -0.39 is 6.36 Å². The number of carbonyl (C=O) groups excluding carboxylic acids is 1. The molecule has 3 heterocycles. The first-order valence-electron chi connectivity index (χ1n) is 11.5. The second-order valence-electron chi connectivity index (χ2n) is 8.87. The Morgan fingerprint density at radius 1 is 1.08 bits per heavy atom. The van der Waals surface area contributed by atoms with E-state index in [0.29, 0.717) is 71.9 Å². The number of imidazole rings is 1. The van der Waals surface area contributed by atoms with Gasteiger partial charge in [0.05, 0.1) is 33.7 Å². The van der Waals surface area contributed by atoms with Gasteiger partial charge in [-0.15, -0.1) is 13.2 Å². The molecule has 12 heteroatoms. The van der Waals surface area contributed by atoms with E-state index in [4.69, 9.17) is 32.9 Å². The van der Waals surface area contributed by atoms with Crippen molar-refractivity contribution >= 4 is 46.1 Å². The molecule has 1 N–H and O–H groups in total. The highest BCUT2D eigenvalue weighted by atomic mass is 35.5. The van der Waals surface area contributed by atoms with Crippen LogP contribution in [0.25, 0.3) is 16.7 Å². The molecule has 1 aromatic heterocycles. The van der Waals surface area contributed by atoms with E-state index >= 15 is 0 Å². The summed E-state index contributed by atoms with van der Waals surface area (Å²) >= 11 is 12.5. The van der Waals surface area contributed by atoms with Crippen LogP contribution >= 0.6 is 23.2 Å². The number of piperidine rings is 1. The van der Waals surface area contributed by atoms with Crippen LogP contribution in [-0.2, 0) is 9.53 Å². The first-order chi connectivity index (χ1) is 17.2. The van der Waals surface area contributed by atoms with Gasteiger partial charge in [-0.05, 0) is 55.7 Å². The van der Waals surface area contributed by atoms with Crippen LogP contribution in [0.1, 0.15) is 19.3 Å². The Balaban J connectivity index is 1.41. The minimum atomic E-state index is -4.78. The van der Waals surface area contributed by atoms with E-state index in [2.05, 4.69) is 15.0 Å². The van der Waals surface area contributed by atoms with E-state index in [1.165, 1.54) is 24.3 Å². The van der Waals surface area contributed by atoms with E-state index in [-0.39, 0.29) is 23.6 Å². The second kappa shape index (κ2) is 9.99. The number of nitrogens with one attached hydrogen (secondary N) is 1. The number of anilines is 1. The Kier molecular flexibility index (Phi) is 6.93. The van der Waals surface area contributed by atoms with Gasteiger partial charge < -0.3 is 19.7 Å². The van der Waals surface area contributed by atoms with Gasteiger partial charge in [0.25, 0.3) is 0 Å². The fourth-order valence-electron chi connectivity index (χ4n) is 4.63. The third-order valence-electron chi connectivity index (χ3n) is 6.43. The maximum atomic E-state index is 12.7. The standard InChI is InChI=1S/C24H23Cl2F3N4O3/c25-18-11-20-21(12-19(18)26)33(16-1-3-17(4-2-16)36-24(27,28)29)23(31-20)32-8-5-14(6-9-32)22(34)30-15-7-10-35-13-15/h1-4,11-12,14-15H,5-10,13H2,(H,30,34). The van der Waals surface area contributed by atoms with E-state index in [9.17, 15) is 18.0 Å². The van der Waals surface area contributed by atoms with Crippen LogP contribution in [0.15, 0.2) is 36.4 Å². The monoisotopic (exact) mass is 542 g/mol. The molecule has 7 nitrogen and oxygen atoms in total. The Bertz CT molecular complexity index is 1250. The Morgan fingerprint density at radius 3 is 2.42 bits per heavy atom. The Hall–Kier alpha value is -2.69. The highest BCUT2D eigenvalue weighted by Crippen LogP contribution is 2.35. The summed E-state index contributed by atoms with van der Waals surface area (Å²) in [5, 5.41) is 3.75. The van der Waals surface area contributed by atoms with Gasteiger partial charge in [0, 0.05) is 31.3 Å². The summed E-state index contributed by atoms with van der Waals surface area (Å²) in [6, 6.07) is 8.96. The second-order valence-corrected chi connectivity index (χ2v) is 9.69. The number of benzene rings is 2. The fourth-order valence-corrected chi connectivity index (χ4v) is 4.95. The molecular weight excluding hydrogens is 520 g/mol. The molecule has 0 radical (unpaired) electrons. The molecule has 5 rings (SSSR count). The smallest absolute Gasteiger partial charge is 0.406 e. The number of amides is 1. The average molecular weight is 543 g/mol. The predicted molar refractivity (Wildman–Crippen MR) is 130 cm³/mol. The SMILES string of the molecule is O=C(NC1CCOC1)C1CCN(c2nc3cc(Cl)c(Cl)cc3n2-c2ccc(OC(F)(F)F)cc2)CC1. The molecule has 1 unspecified atom stereocenters. The molecule has 192 valence electrons. The third-order valence-corrected chi connectivity index (χ3v) is 7.15. The summed E-state index contributed by atoms with van der Waals surface area (Å²) in [4.78, 5) is 19.5. The van der Waals surface area contributed by atoms with Gasteiger partial charge in [0.15, 0.2) is 0 Å². The van der Waals surface area contributed by atoms with Gasteiger partial charge in [-0.1, -0.05) is 23.2 Å². The molecule has 2 aromatic carbocycles. The number of nitrogens with zero attached hydrogens (tertiary/aromatic N) is 3. The zero-order valence-corrected chi connectivity index (χ0v) is 20.5. The van der Waals surface area contributed by atoms with Crippen molar-refractivity contribution in [3.63, 3.8) is 0 Å². The van der Waals surface area contributed by atoms with Gasteiger partial charge in [-0.3, -0.25) is 9.36 Å². The Labute approximate surface area is 215 Å². The highest BCUT2D eigenvalue weighted by molar-refractivity contribution is 6.42. The quantitative estimate of drug-likeness (QED) is 0.470. The molecule has 0 bridgehead atoms. The number of alkyl halides is 3. The minimum Gasteiger partial charge on any atom is -0.406 e. The maximum absolute atomic E-state index is 12.7. The summed E-state index contributed by atoms with van der Waals surface area (Å²) in [5.74, 6) is 0.202. The summed E-state index contributed by atoms with van der Waals surface area (Å²) in [7, 11) is 0. The molecule has 2 aliphatic heterocycles. The van der Waals surface area contributed by atoms with Gasteiger partial charge in [-0.2, -0.15) is 0 Å². The van der Waals surface area contributed by atoms with Crippen molar-refractivity contribution in [3.05, 3.63) is 46.4 Å². The van der Waals surface area contributed by atoms with Crippen LogP contribution in [0.3, 0.4) is 0 Å². The largest absolute Gasteiger partial charge is 0.573 e. The van der Waals surface area contributed by atoms with Crippen molar-refractivity contribution in [1.82, 2.24) is 14.9 Å². The van der Waals surface area contributed by atoms with E-state index in [1.807, 2.05) is 4.57 Å². The Morgan fingerprint density at radius 2 is 1.78 bits per heavy atom. The molecular formula is C24H23Cl2F3N4O3.